The number of carbonyl (C=O) groups is 2. The van der Waals surface area contributed by atoms with Crippen molar-refractivity contribution in [2.75, 3.05) is 24.2 Å². The molecule has 0 bridgehead atoms. The highest BCUT2D eigenvalue weighted by Gasteiger charge is 2.32. The number of carbonyl (C=O) groups excluding carboxylic acids is 2. The summed E-state index contributed by atoms with van der Waals surface area (Å²) in [7, 11) is -2.32. The molecule has 0 fully saturated rings. The fourth-order valence-corrected chi connectivity index (χ4v) is 5.20. The van der Waals surface area contributed by atoms with Gasteiger partial charge < -0.3 is 10.2 Å². The molecule has 10 heteroatoms. The number of aryl methyl sites for hydroxylation is 2. The van der Waals surface area contributed by atoms with E-state index < -0.39 is 28.5 Å². The van der Waals surface area contributed by atoms with Crippen LogP contribution < -0.4 is 9.62 Å². The lowest BCUT2D eigenvalue weighted by Gasteiger charge is -2.33. The monoisotopic (exact) mass is 513 g/mol. The number of para-hydroxylation sites is 1. The average Bonchev–Trinajstić information content (AvgIpc) is 2.73. The number of rotatable bonds is 9. The van der Waals surface area contributed by atoms with Crippen LogP contribution in [0, 0.1) is 13.8 Å². The van der Waals surface area contributed by atoms with E-state index in [2.05, 4.69) is 5.32 Å². The Kier molecular flexibility index (Phi) is 9.17. The number of likely N-dealkylation sites (N-methyl/N-ethyl adjacent to an activating group) is 1. The minimum atomic E-state index is -3.81. The maximum absolute atomic E-state index is 13.6. The molecule has 0 spiro atoms. The topological polar surface area (TPSA) is 86.8 Å². The summed E-state index contributed by atoms with van der Waals surface area (Å²) in [4.78, 5) is 27.5. The average molecular weight is 514 g/mol. The zero-order chi connectivity index (χ0) is 24.9. The van der Waals surface area contributed by atoms with E-state index in [1.807, 2.05) is 6.07 Å². The van der Waals surface area contributed by atoms with Crippen LogP contribution in [0.5, 0.6) is 0 Å². The van der Waals surface area contributed by atoms with Crippen LogP contribution in [0.1, 0.15) is 30.0 Å². The number of amides is 2. The first-order valence-electron chi connectivity index (χ1n) is 10.4. The lowest BCUT2D eigenvalue weighted by Crippen LogP contribution is -2.51. The zero-order valence-electron chi connectivity index (χ0n) is 19.4. The van der Waals surface area contributed by atoms with Crippen LogP contribution in [0.15, 0.2) is 36.4 Å². The number of hydrogen-bond acceptors (Lipinski definition) is 4. The second-order valence-corrected chi connectivity index (χ2v) is 10.5. The highest BCUT2D eigenvalue weighted by Crippen LogP contribution is 2.29. The van der Waals surface area contributed by atoms with Crippen LogP contribution in [-0.2, 0) is 26.2 Å². The first-order valence-corrected chi connectivity index (χ1v) is 13.0. The molecular formula is C23H29Cl2N3O4S. The fourth-order valence-electron chi connectivity index (χ4n) is 3.71. The number of hydrogen-bond donors (Lipinski definition) is 1. The SMILES string of the molecule is CC[C@H](C(=O)NC)N(Cc1c(Cl)cccc1Cl)C(=O)CN(c1c(C)cccc1C)S(C)(=O)=O. The van der Waals surface area contributed by atoms with E-state index >= 15 is 0 Å². The summed E-state index contributed by atoms with van der Waals surface area (Å²) in [6, 6.07) is 9.52. The first-order chi connectivity index (χ1) is 15.4. The van der Waals surface area contributed by atoms with Gasteiger partial charge in [-0.15, -0.1) is 0 Å². The van der Waals surface area contributed by atoms with Crippen molar-refractivity contribution in [2.45, 2.75) is 39.8 Å². The van der Waals surface area contributed by atoms with E-state index in [-0.39, 0.29) is 12.5 Å². The molecule has 2 amide bonds. The first kappa shape index (κ1) is 27.0. The van der Waals surface area contributed by atoms with Gasteiger partial charge in [-0.1, -0.05) is 54.4 Å². The molecule has 180 valence electrons. The van der Waals surface area contributed by atoms with Crippen molar-refractivity contribution in [1.82, 2.24) is 10.2 Å². The third-order valence-corrected chi connectivity index (χ3v) is 7.21. The van der Waals surface area contributed by atoms with Crippen molar-refractivity contribution in [3.05, 3.63) is 63.1 Å². The van der Waals surface area contributed by atoms with Gasteiger partial charge in [-0.25, -0.2) is 8.42 Å². The van der Waals surface area contributed by atoms with Crippen LogP contribution in [0.3, 0.4) is 0 Å². The summed E-state index contributed by atoms with van der Waals surface area (Å²) in [5.74, 6) is -0.915. The third-order valence-electron chi connectivity index (χ3n) is 5.39. The fraction of sp³-hybridized carbons (Fsp3) is 0.391. The lowest BCUT2D eigenvalue weighted by atomic mass is 10.1. The minimum absolute atomic E-state index is 0.0480. The molecule has 0 unspecified atom stereocenters. The van der Waals surface area contributed by atoms with Crippen LogP contribution in [0.25, 0.3) is 0 Å². The highest BCUT2D eigenvalue weighted by atomic mass is 35.5. The predicted octanol–water partition coefficient (Wildman–Crippen LogP) is 3.93. The molecule has 2 rings (SSSR count). The molecular weight excluding hydrogens is 485 g/mol. The quantitative estimate of drug-likeness (QED) is 0.550. The Morgan fingerprint density at radius 1 is 1.03 bits per heavy atom. The summed E-state index contributed by atoms with van der Waals surface area (Å²) in [6.45, 7) is 4.82. The van der Waals surface area contributed by atoms with Gasteiger partial charge >= 0.3 is 0 Å². The maximum Gasteiger partial charge on any atom is 0.244 e. The number of benzene rings is 2. The molecule has 2 aromatic rings. The Hall–Kier alpha value is -2.29. The number of sulfonamides is 1. The molecule has 0 saturated carbocycles. The summed E-state index contributed by atoms with van der Waals surface area (Å²) < 4.78 is 26.5. The second-order valence-electron chi connectivity index (χ2n) is 7.77. The molecule has 2 aromatic carbocycles. The second kappa shape index (κ2) is 11.2. The standard InChI is InChI=1S/C23H29Cl2N3O4S/c1-6-20(23(30)26-4)27(13-17-18(24)11-8-12-19(17)25)21(29)14-28(33(5,31)32)22-15(2)9-7-10-16(22)3/h7-12,20H,6,13-14H2,1-5H3,(H,26,30)/t20-/m1/s1. The van der Waals surface area contributed by atoms with E-state index in [1.165, 1.54) is 11.9 Å². The highest BCUT2D eigenvalue weighted by molar-refractivity contribution is 7.92. The van der Waals surface area contributed by atoms with E-state index in [0.29, 0.717) is 38.8 Å². The minimum Gasteiger partial charge on any atom is -0.357 e. The number of nitrogens with zero attached hydrogens (tertiary/aromatic N) is 2. The van der Waals surface area contributed by atoms with Crippen LogP contribution in [0.4, 0.5) is 5.69 Å². The summed E-state index contributed by atoms with van der Waals surface area (Å²) in [5.41, 5.74) is 2.35. The van der Waals surface area contributed by atoms with Crippen molar-refractivity contribution in [1.29, 1.82) is 0 Å². The Bertz CT molecular complexity index is 1100. The Morgan fingerprint density at radius 3 is 2.00 bits per heavy atom. The Balaban J connectivity index is 2.55. The Labute approximate surface area is 205 Å². The van der Waals surface area contributed by atoms with Gasteiger partial charge in [0.2, 0.25) is 21.8 Å². The lowest BCUT2D eigenvalue weighted by molar-refractivity contribution is -0.140. The molecule has 33 heavy (non-hydrogen) atoms. The molecule has 0 aliphatic rings. The number of anilines is 1. The number of halogens is 2. The molecule has 0 saturated heterocycles. The largest absolute Gasteiger partial charge is 0.357 e. The van der Waals surface area contributed by atoms with Crippen molar-refractivity contribution in [2.24, 2.45) is 0 Å². The molecule has 1 N–H and O–H groups in total. The molecule has 0 radical (unpaired) electrons. The van der Waals surface area contributed by atoms with Crippen molar-refractivity contribution in [3.63, 3.8) is 0 Å². The van der Waals surface area contributed by atoms with Gasteiger partial charge in [0, 0.05) is 29.2 Å². The Morgan fingerprint density at radius 2 is 1.55 bits per heavy atom. The molecule has 0 heterocycles. The van der Waals surface area contributed by atoms with Crippen LogP contribution in [0.2, 0.25) is 10.0 Å². The van der Waals surface area contributed by atoms with Crippen LogP contribution in [-0.4, -0.2) is 51.0 Å². The molecule has 0 aliphatic heterocycles. The molecule has 1 atom stereocenters. The molecule has 0 aromatic heterocycles. The molecule has 0 aliphatic carbocycles. The predicted molar refractivity (Wildman–Crippen MR) is 133 cm³/mol. The summed E-state index contributed by atoms with van der Waals surface area (Å²) in [5, 5.41) is 3.27. The van der Waals surface area contributed by atoms with Gasteiger partial charge in [-0.2, -0.15) is 0 Å². The van der Waals surface area contributed by atoms with E-state index in [9.17, 15) is 18.0 Å². The molecule has 7 nitrogen and oxygen atoms in total. The van der Waals surface area contributed by atoms with Gasteiger partial charge in [-0.05, 0) is 43.5 Å². The van der Waals surface area contributed by atoms with Crippen molar-refractivity contribution < 1.29 is 18.0 Å². The zero-order valence-corrected chi connectivity index (χ0v) is 21.7. The van der Waals surface area contributed by atoms with E-state index in [0.717, 1.165) is 10.6 Å². The normalized spacial score (nSPS) is 12.2. The summed E-state index contributed by atoms with van der Waals surface area (Å²) >= 11 is 12.7. The van der Waals surface area contributed by atoms with Gasteiger partial charge in [0.25, 0.3) is 0 Å². The van der Waals surface area contributed by atoms with Gasteiger partial charge in [0.05, 0.1) is 11.9 Å². The van der Waals surface area contributed by atoms with Gasteiger partial charge in [-0.3, -0.25) is 13.9 Å². The van der Waals surface area contributed by atoms with E-state index in [4.69, 9.17) is 23.2 Å². The summed E-state index contributed by atoms with van der Waals surface area (Å²) in [6.07, 6.45) is 1.37. The van der Waals surface area contributed by atoms with Crippen molar-refractivity contribution >= 4 is 50.7 Å². The van der Waals surface area contributed by atoms with Crippen LogP contribution >= 0.6 is 23.2 Å². The van der Waals surface area contributed by atoms with Gasteiger partial charge in [0.1, 0.15) is 12.6 Å². The van der Waals surface area contributed by atoms with Crippen molar-refractivity contribution in [3.8, 4) is 0 Å². The smallest absolute Gasteiger partial charge is 0.244 e. The van der Waals surface area contributed by atoms with Gasteiger partial charge in [0.15, 0.2) is 0 Å². The maximum atomic E-state index is 13.6. The number of nitrogens with one attached hydrogen (secondary N) is 1. The van der Waals surface area contributed by atoms with E-state index in [1.54, 1.807) is 51.1 Å². The third kappa shape index (κ3) is 6.40.